The molecule has 2 heterocycles. The third kappa shape index (κ3) is 6.38. The third-order valence-corrected chi connectivity index (χ3v) is 9.58. The van der Waals surface area contributed by atoms with Gasteiger partial charge in [0.2, 0.25) is 15.9 Å². The standard InChI is InChI=1S/C25H30Cl2FN3O4S/c26-21-8-5-9-22(27)25(21)36(33,34)31-11-4-3-7-20(31)17-35-18-24(32)30-14-12-29(13-15-30)16-19-6-1-2-10-23(19)28/h1-2,5-6,8-10,20H,3-4,7,11-18H2. The van der Waals surface area contributed by atoms with Crippen molar-refractivity contribution in [1.29, 1.82) is 0 Å². The van der Waals surface area contributed by atoms with Crippen molar-refractivity contribution in [2.75, 3.05) is 45.9 Å². The molecule has 1 unspecified atom stereocenters. The van der Waals surface area contributed by atoms with Crippen LogP contribution in [0.5, 0.6) is 0 Å². The fraction of sp³-hybridized carbons (Fsp3) is 0.480. The molecule has 196 valence electrons. The summed E-state index contributed by atoms with van der Waals surface area (Å²) in [6.07, 6.45) is 2.23. The number of carbonyl (C=O) groups excluding carboxylic acids is 1. The topological polar surface area (TPSA) is 70.2 Å². The van der Waals surface area contributed by atoms with E-state index in [0.29, 0.717) is 51.3 Å². The molecule has 11 heteroatoms. The van der Waals surface area contributed by atoms with E-state index in [1.807, 2.05) is 6.07 Å². The molecule has 0 aromatic heterocycles. The van der Waals surface area contributed by atoms with Crippen LogP contribution in [0.4, 0.5) is 4.39 Å². The number of halogens is 3. The van der Waals surface area contributed by atoms with Crippen LogP contribution in [0.15, 0.2) is 47.4 Å². The third-order valence-electron chi connectivity index (χ3n) is 6.67. The molecule has 1 amide bonds. The minimum atomic E-state index is -3.92. The van der Waals surface area contributed by atoms with E-state index in [9.17, 15) is 17.6 Å². The molecule has 2 aromatic rings. The lowest BCUT2D eigenvalue weighted by molar-refractivity contribution is -0.138. The Balaban J connectivity index is 1.28. The Bertz CT molecular complexity index is 1160. The van der Waals surface area contributed by atoms with Crippen LogP contribution in [0.2, 0.25) is 10.0 Å². The molecule has 0 aliphatic carbocycles. The zero-order valence-corrected chi connectivity index (χ0v) is 22.2. The number of hydrogen-bond acceptors (Lipinski definition) is 5. The summed E-state index contributed by atoms with van der Waals surface area (Å²) >= 11 is 12.4. The molecule has 2 fully saturated rings. The summed E-state index contributed by atoms with van der Waals surface area (Å²) in [5.41, 5.74) is 0.644. The predicted octanol–water partition coefficient (Wildman–Crippen LogP) is 4.04. The molecule has 0 radical (unpaired) electrons. The first-order valence-corrected chi connectivity index (χ1v) is 14.2. The Morgan fingerprint density at radius 3 is 2.36 bits per heavy atom. The summed E-state index contributed by atoms with van der Waals surface area (Å²) in [6, 6.07) is 10.9. The van der Waals surface area contributed by atoms with Crippen molar-refractivity contribution in [1.82, 2.24) is 14.1 Å². The van der Waals surface area contributed by atoms with Crippen molar-refractivity contribution < 1.29 is 22.3 Å². The van der Waals surface area contributed by atoms with Gasteiger partial charge in [0.05, 0.1) is 16.7 Å². The monoisotopic (exact) mass is 557 g/mol. The van der Waals surface area contributed by atoms with E-state index in [1.165, 1.54) is 22.5 Å². The molecule has 2 aromatic carbocycles. The largest absolute Gasteiger partial charge is 0.370 e. The first kappa shape index (κ1) is 27.3. The van der Waals surface area contributed by atoms with Gasteiger partial charge in [-0.2, -0.15) is 4.31 Å². The summed E-state index contributed by atoms with van der Waals surface area (Å²) in [7, 11) is -3.92. The summed E-state index contributed by atoms with van der Waals surface area (Å²) in [4.78, 5) is 16.5. The Kier molecular flexibility index (Phi) is 9.24. The normalized spacial score (nSPS) is 20.0. The highest BCUT2D eigenvalue weighted by Gasteiger charge is 2.36. The fourth-order valence-electron chi connectivity index (χ4n) is 4.70. The van der Waals surface area contributed by atoms with E-state index < -0.39 is 16.1 Å². The number of carbonyl (C=O) groups is 1. The minimum absolute atomic E-state index is 0.0806. The van der Waals surface area contributed by atoms with Gasteiger partial charge in [0.25, 0.3) is 0 Å². The van der Waals surface area contributed by atoms with Crippen molar-refractivity contribution in [3.63, 3.8) is 0 Å². The van der Waals surface area contributed by atoms with Crippen molar-refractivity contribution in [3.05, 3.63) is 63.9 Å². The number of piperazine rings is 1. The average molecular weight is 559 g/mol. The summed E-state index contributed by atoms with van der Waals surface area (Å²) in [5, 5.41) is 0.161. The van der Waals surface area contributed by atoms with E-state index in [0.717, 1.165) is 12.8 Å². The molecule has 0 saturated carbocycles. The Morgan fingerprint density at radius 1 is 0.972 bits per heavy atom. The van der Waals surface area contributed by atoms with Gasteiger partial charge >= 0.3 is 0 Å². The van der Waals surface area contributed by atoms with Crippen LogP contribution in [-0.4, -0.2) is 80.4 Å². The van der Waals surface area contributed by atoms with Crippen LogP contribution in [0.3, 0.4) is 0 Å². The number of hydrogen-bond donors (Lipinski definition) is 0. The first-order valence-electron chi connectivity index (χ1n) is 12.0. The number of amides is 1. The molecule has 0 spiro atoms. The van der Waals surface area contributed by atoms with Gasteiger partial charge in [-0.25, -0.2) is 12.8 Å². The molecule has 2 aliphatic heterocycles. The number of ether oxygens (including phenoxy) is 1. The molecule has 2 saturated heterocycles. The van der Waals surface area contributed by atoms with Gasteiger partial charge in [-0.3, -0.25) is 9.69 Å². The number of rotatable bonds is 8. The Hall–Kier alpha value is -1.75. The van der Waals surface area contributed by atoms with Crippen LogP contribution in [0, 0.1) is 5.82 Å². The molecule has 0 bridgehead atoms. The lowest BCUT2D eigenvalue weighted by atomic mass is 10.1. The zero-order chi connectivity index (χ0) is 25.7. The van der Waals surface area contributed by atoms with E-state index >= 15 is 0 Å². The van der Waals surface area contributed by atoms with Crippen molar-refractivity contribution in [3.8, 4) is 0 Å². The highest BCUT2D eigenvalue weighted by molar-refractivity contribution is 7.89. The van der Waals surface area contributed by atoms with Crippen molar-refractivity contribution in [2.45, 2.75) is 36.7 Å². The van der Waals surface area contributed by atoms with Gasteiger partial charge in [0.15, 0.2) is 0 Å². The van der Waals surface area contributed by atoms with E-state index in [1.54, 1.807) is 23.1 Å². The van der Waals surface area contributed by atoms with Crippen LogP contribution in [0.1, 0.15) is 24.8 Å². The summed E-state index contributed by atoms with van der Waals surface area (Å²) in [5.74, 6) is -0.361. The molecule has 0 N–H and O–H groups in total. The molecular weight excluding hydrogens is 528 g/mol. The van der Waals surface area contributed by atoms with Crippen molar-refractivity contribution in [2.24, 2.45) is 0 Å². The number of piperidine rings is 1. The van der Waals surface area contributed by atoms with Crippen LogP contribution in [0.25, 0.3) is 0 Å². The number of sulfonamides is 1. The maximum absolute atomic E-state index is 13.9. The first-order chi connectivity index (χ1) is 17.3. The van der Waals surface area contributed by atoms with Crippen LogP contribution in [-0.2, 0) is 26.1 Å². The molecular formula is C25H30Cl2FN3O4S. The highest BCUT2D eigenvalue weighted by atomic mass is 35.5. The summed E-state index contributed by atoms with van der Waals surface area (Å²) in [6.45, 7) is 3.20. The van der Waals surface area contributed by atoms with E-state index in [4.69, 9.17) is 27.9 Å². The van der Waals surface area contributed by atoms with Crippen molar-refractivity contribution >= 4 is 39.1 Å². The Morgan fingerprint density at radius 2 is 1.67 bits per heavy atom. The maximum Gasteiger partial charge on any atom is 0.248 e. The molecule has 2 aliphatic rings. The van der Waals surface area contributed by atoms with E-state index in [2.05, 4.69) is 4.90 Å². The molecule has 7 nitrogen and oxygen atoms in total. The van der Waals surface area contributed by atoms with Crippen LogP contribution >= 0.6 is 23.2 Å². The lowest BCUT2D eigenvalue weighted by Gasteiger charge is -2.36. The van der Waals surface area contributed by atoms with Gasteiger partial charge in [-0.05, 0) is 31.0 Å². The van der Waals surface area contributed by atoms with E-state index in [-0.39, 0.29) is 39.9 Å². The average Bonchev–Trinajstić information content (AvgIpc) is 2.86. The van der Waals surface area contributed by atoms with Gasteiger partial charge in [0, 0.05) is 50.9 Å². The quantitative estimate of drug-likeness (QED) is 0.490. The van der Waals surface area contributed by atoms with Gasteiger partial charge in [0.1, 0.15) is 17.3 Å². The van der Waals surface area contributed by atoms with Gasteiger partial charge in [-0.1, -0.05) is 53.9 Å². The maximum atomic E-state index is 13.9. The Labute approximate surface area is 221 Å². The van der Waals surface area contributed by atoms with Gasteiger partial charge in [-0.15, -0.1) is 0 Å². The fourth-order valence-corrected chi connectivity index (χ4v) is 7.47. The smallest absolute Gasteiger partial charge is 0.248 e. The minimum Gasteiger partial charge on any atom is -0.370 e. The van der Waals surface area contributed by atoms with Gasteiger partial charge < -0.3 is 9.64 Å². The predicted molar refractivity (Wildman–Crippen MR) is 137 cm³/mol. The SMILES string of the molecule is O=C(COCC1CCCCN1S(=O)(=O)c1c(Cl)cccc1Cl)N1CCN(Cc2ccccc2F)CC1. The molecule has 4 rings (SSSR count). The molecule has 36 heavy (non-hydrogen) atoms. The number of nitrogens with zero attached hydrogens (tertiary/aromatic N) is 3. The van der Waals surface area contributed by atoms with Crippen LogP contribution < -0.4 is 0 Å². The summed E-state index contributed by atoms with van der Waals surface area (Å²) < 4.78 is 47.8. The lowest BCUT2D eigenvalue weighted by Crippen LogP contribution is -2.50. The highest BCUT2D eigenvalue weighted by Crippen LogP contribution is 2.34. The second-order valence-corrected chi connectivity index (χ2v) is 11.7. The number of benzene rings is 2. The second-order valence-electron chi connectivity index (χ2n) is 9.08. The second kappa shape index (κ2) is 12.2. The molecule has 1 atom stereocenters. The zero-order valence-electron chi connectivity index (χ0n) is 19.9.